The molecule has 134 valence electrons. The second-order valence-electron chi connectivity index (χ2n) is 8.92. The Hall–Kier alpha value is -2.36. The summed E-state index contributed by atoms with van der Waals surface area (Å²) in [5.74, 6) is 0. The molecule has 2 aliphatic rings. The van der Waals surface area contributed by atoms with Crippen molar-refractivity contribution in [3.63, 3.8) is 0 Å². The summed E-state index contributed by atoms with van der Waals surface area (Å²) in [6.45, 7) is 9.13. The summed E-state index contributed by atoms with van der Waals surface area (Å²) in [7, 11) is -1.45. The van der Waals surface area contributed by atoms with E-state index in [2.05, 4.69) is 64.1 Å². The van der Waals surface area contributed by atoms with Crippen LogP contribution in [0.15, 0.2) is 54.6 Å². The zero-order valence-electron chi connectivity index (χ0n) is 16.2. The van der Waals surface area contributed by atoms with Crippen LogP contribution in [0.3, 0.4) is 0 Å². The second kappa shape index (κ2) is 5.12. The lowest BCUT2D eigenvalue weighted by molar-refractivity contribution is 0.426. The van der Waals surface area contributed by atoms with Crippen LogP contribution in [-0.4, -0.2) is 17.2 Å². The summed E-state index contributed by atoms with van der Waals surface area (Å²) in [6, 6.07) is 19.2. The molecule has 0 unspecified atom stereocenters. The van der Waals surface area contributed by atoms with Gasteiger partial charge in [0.15, 0.2) is 0 Å². The van der Waals surface area contributed by atoms with E-state index < -0.39 is 7.12 Å². The molecule has 0 spiro atoms. The van der Waals surface area contributed by atoms with Crippen molar-refractivity contribution in [1.29, 1.82) is 0 Å². The third kappa shape index (κ3) is 2.04. The Morgan fingerprint density at radius 3 is 1.81 bits per heavy atom. The van der Waals surface area contributed by atoms with E-state index in [4.69, 9.17) is 0 Å². The molecule has 5 rings (SSSR count). The standard InChI is InChI=1S/C24H23BO2/c1-23(2)19-8-6-5-7-15(19)17-12-18-16-11-14(25(26)27)9-10-20(16)24(3,4)22(18)13-21(17)23/h5-13,26-27H,1-4H3. The fraction of sp³-hybridized carbons (Fsp3) is 0.250. The first-order valence-corrected chi connectivity index (χ1v) is 9.53. The molecule has 3 aromatic carbocycles. The lowest BCUT2D eigenvalue weighted by Crippen LogP contribution is -2.30. The third-order valence-corrected chi connectivity index (χ3v) is 6.70. The predicted molar refractivity (Wildman–Crippen MR) is 111 cm³/mol. The minimum atomic E-state index is -1.45. The largest absolute Gasteiger partial charge is 0.488 e. The Morgan fingerprint density at radius 2 is 1.15 bits per heavy atom. The monoisotopic (exact) mass is 354 g/mol. The maximum atomic E-state index is 9.64. The van der Waals surface area contributed by atoms with Crippen LogP contribution in [0, 0.1) is 0 Å². The lowest BCUT2D eigenvalue weighted by atomic mass is 9.76. The summed E-state index contributed by atoms with van der Waals surface area (Å²) in [6.07, 6.45) is 0. The van der Waals surface area contributed by atoms with Gasteiger partial charge in [0.05, 0.1) is 0 Å². The van der Waals surface area contributed by atoms with Crippen molar-refractivity contribution in [2.45, 2.75) is 38.5 Å². The van der Waals surface area contributed by atoms with Crippen LogP contribution in [0.1, 0.15) is 49.9 Å². The minimum absolute atomic E-state index is 0.0156. The third-order valence-electron chi connectivity index (χ3n) is 6.70. The summed E-state index contributed by atoms with van der Waals surface area (Å²) < 4.78 is 0. The van der Waals surface area contributed by atoms with Gasteiger partial charge in [-0.3, -0.25) is 0 Å². The maximum absolute atomic E-state index is 9.64. The molecular weight excluding hydrogens is 331 g/mol. The van der Waals surface area contributed by atoms with Crippen molar-refractivity contribution in [2.75, 3.05) is 0 Å². The zero-order chi connectivity index (χ0) is 19.1. The van der Waals surface area contributed by atoms with Gasteiger partial charge in [-0.05, 0) is 56.0 Å². The quantitative estimate of drug-likeness (QED) is 0.649. The van der Waals surface area contributed by atoms with E-state index in [-0.39, 0.29) is 10.8 Å². The van der Waals surface area contributed by atoms with Gasteiger partial charge in [-0.2, -0.15) is 0 Å². The van der Waals surface area contributed by atoms with E-state index in [1.165, 1.54) is 38.9 Å². The molecule has 2 aliphatic carbocycles. The summed E-state index contributed by atoms with van der Waals surface area (Å²) >= 11 is 0. The molecule has 2 N–H and O–H groups in total. The molecule has 0 heterocycles. The summed E-state index contributed by atoms with van der Waals surface area (Å²) in [4.78, 5) is 0. The molecule has 0 radical (unpaired) electrons. The van der Waals surface area contributed by atoms with E-state index in [0.717, 1.165) is 5.56 Å². The maximum Gasteiger partial charge on any atom is 0.488 e. The Bertz CT molecular complexity index is 1110. The highest BCUT2D eigenvalue weighted by Gasteiger charge is 2.41. The molecule has 0 saturated heterocycles. The van der Waals surface area contributed by atoms with E-state index in [9.17, 15) is 10.0 Å². The first kappa shape index (κ1) is 16.8. The molecule has 3 heteroatoms. The van der Waals surface area contributed by atoms with Crippen molar-refractivity contribution >= 4 is 12.6 Å². The first-order valence-electron chi connectivity index (χ1n) is 9.53. The van der Waals surface area contributed by atoms with Gasteiger partial charge in [-0.15, -0.1) is 0 Å². The van der Waals surface area contributed by atoms with Crippen LogP contribution in [0.2, 0.25) is 0 Å². The van der Waals surface area contributed by atoms with Crippen molar-refractivity contribution in [1.82, 2.24) is 0 Å². The molecule has 27 heavy (non-hydrogen) atoms. The minimum Gasteiger partial charge on any atom is -0.423 e. The summed E-state index contributed by atoms with van der Waals surface area (Å²) in [5, 5.41) is 19.3. The van der Waals surface area contributed by atoms with Gasteiger partial charge in [-0.1, -0.05) is 76.2 Å². The van der Waals surface area contributed by atoms with Crippen molar-refractivity contribution in [2.24, 2.45) is 0 Å². The normalized spacial score (nSPS) is 17.1. The van der Waals surface area contributed by atoms with Gasteiger partial charge in [-0.25, -0.2) is 0 Å². The molecule has 0 bridgehead atoms. The van der Waals surface area contributed by atoms with Gasteiger partial charge >= 0.3 is 7.12 Å². The molecule has 0 aromatic heterocycles. The predicted octanol–water partition coefficient (Wildman–Crippen LogP) is 3.98. The molecule has 3 aromatic rings. The highest BCUT2D eigenvalue weighted by atomic mass is 16.4. The number of benzene rings is 3. The molecule has 0 saturated carbocycles. The van der Waals surface area contributed by atoms with Crippen LogP contribution in [0.5, 0.6) is 0 Å². The Balaban J connectivity index is 1.83. The molecule has 0 fully saturated rings. The van der Waals surface area contributed by atoms with E-state index in [1.807, 2.05) is 18.2 Å². The van der Waals surface area contributed by atoms with Gasteiger partial charge in [0, 0.05) is 10.8 Å². The number of rotatable bonds is 1. The Labute approximate surface area is 160 Å². The number of fused-ring (bicyclic) bond motifs is 6. The van der Waals surface area contributed by atoms with Crippen LogP contribution >= 0.6 is 0 Å². The van der Waals surface area contributed by atoms with Crippen molar-refractivity contribution in [3.8, 4) is 22.3 Å². The number of hydrogen-bond acceptors (Lipinski definition) is 2. The fourth-order valence-electron chi connectivity index (χ4n) is 5.12. The Kier molecular flexibility index (Phi) is 3.19. The van der Waals surface area contributed by atoms with Gasteiger partial charge < -0.3 is 10.0 Å². The lowest BCUT2D eigenvalue weighted by Gasteiger charge is -2.25. The number of hydrogen-bond donors (Lipinski definition) is 2. The highest BCUT2D eigenvalue weighted by Crippen LogP contribution is 2.55. The van der Waals surface area contributed by atoms with E-state index in [1.54, 1.807) is 0 Å². The Morgan fingerprint density at radius 1 is 0.593 bits per heavy atom. The van der Waals surface area contributed by atoms with E-state index >= 15 is 0 Å². The fourth-order valence-corrected chi connectivity index (χ4v) is 5.12. The van der Waals surface area contributed by atoms with Gasteiger partial charge in [0.2, 0.25) is 0 Å². The van der Waals surface area contributed by atoms with Crippen molar-refractivity contribution < 1.29 is 10.0 Å². The molecule has 2 nitrogen and oxygen atoms in total. The molecule has 0 aliphatic heterocycles. The molecule has 0 amide bonds. The molecule has 0 atom stereocenters. The van der Waals surface area contributed by atoms with Crippen molar-refractivity contribution in [3.05, 3.63) is 76.9 Å². The topological polar surface area (TPSA) is 40.5 Å². The zero-order valence-corrected chi connectivity index (χ0v) is 16.2. The second-order valence-corrected chi connectivity index (χ2v) is 8.92. The molecular formula is C24H23BO2. The van der Waals surface area contributed by atoms with Gasteiger partial charge in [0.25, 0.3) is 0 Å². The smallest absolute Gasteiger partial charge is 0.423 e. The first-order chi connectivity index (χ1) is 12.7. The summed E-state index contributed by atoms with van der Waals surface area (Å²) in [5.41, 5.74) is 10.7. The van der Waals surface area contributed by atoms with Gasteiger partial charge in [0.1, 0.15) is 0 Å². The van der Waals surface area contributed by atoms with E-state index in [0.29, 0.717) is 5.46 Å². The van der Waals surface area contributed by atoms with Crippen LogP contribution in [0.25, 0.3) is 22.3 Å². The van der Waals surface area contributed by atoms with Crippen LogP contribution < -0.4 is 5.46 Å². The average molecular weight is 354 g/mol. The average Bonchev–Trinajstić information content (AvgIpc) is 3.00. The van der Waals surface area contributed by atoms with Crippen LogP contribution in [-0.2, 0) is 10.8 Å². The van der Waals surface area contributed by atoms with Crippen LogP contribution in [0.4, 0.5) is 0 Å². The highest BCUT2D eigenvalue weighted by molar-refractivity contribution is 6.58. The SMILES string of the molecule is CC1(C)c2ccccc2-c2cc3c(cc21)C(C)(C)c1ccc(B(O)O)cc1-3.